The summed E-state index contributed by atoms with van der Waals surface area (Å²) in [5.74, 6) is 3.00. The quantitative estimate of drug-likeness (QED) is 0.433. The molecule has 1 atom stereocenters. The van der Waals surface area contributed by atoms with Crippen molar-refractivity contribution in [3.05, 3.63) is 53.1 Å². The van der Waals surface area contributed by atoms with Gasteiger partial charge in [0.2, 0.25) is 6.79 Å². The number of fused-ring (bicyclic) bond motifs is 1. The third-order valence-corrected chi connectivity index (χ3v) is 6.08. The molecule has 33 heavy (non-hydrogen) atoms. The summed E-state index contributed by atoms with van der Waals surface area (Å²) in [6.07, 6.45) is -0.495. The van der Waals surface area contributed by atoms with Crippen LogP contribution in [0.3, 0.4) is 0 Å². The number of piperazine rings is 1. The van der Waals surface area contributed by atoms with Crippen LogP contribution in [0.2, 0.25) is 0 Å². The molecular weight excluding hydrogens is 463 g/mol. The van der Waals surface area contributed by atoms with Crippen molar-refractivity contribution in [3.63, 3.8) is 0 Å². The molecule has 184 valence electrons. The summed E-state index contributed by atoms with van der Waals surface area (Å²) in [7, 11) is 0. The van der Waals surface area contributed by atoms with Gasteiger partial charge in [-0.1, -0.05) is 26.0 Å². The van der Waals surface area contributed by atoms with Crippen LogP contribution in [-0.4, -0.2) is 67.1 Å². The second-order valence-electron chi connectivity index (χ2n) is 8.90. The number of halogens is 2. The average Bonchev–Trinajstić information content (AvgIpc) is 3.21. The summed E-state index contributed by atoms with van der Waals surface area (Å²) in [5, 5.41) is 10.5. The highest BCUT2D eigenvalue weighted by Crippen LogP contribution is 2.32. The van der Waals surface area contributed by atoms with Gasteiger partial charge in [0.05, 0.1) is 0 Å². The van der Waals surface area contributed by atoms with E-state index in [0.29, 0.717) is 25.9 Å². The maximum absolute atomic E-state index is 10.5. The largest absolute Gasteiger partial charge is 1.00 e. The van der Waals surface area contributed by atoms with Gasteiger partial charge >= 0.3 is 0 Å². The third-order valence-electron chi connectivity index (χ3n) is 6.08. The Hall–Kier alpha value is -1.70. The van der Waals surface area contributed by atoms with Crippen LogP contribution in [0.4, 0.5) is 0 Å². The number of ether oxygens (including phenoxy) is 3. The maximum atomic E-state index is 10.5. The zero-order chi connectivity index (χ0) is 21.8. The number of aliphatic hydroxyl groups excluding tert-OH is 1. The summed E-state index contributed by atoms with van der Waals surface area (Å²) in [5.41, 5.74) is 3.82. The van der Waals surface area contributed by atoms with Crippen molar-refractivity contribution in [2.75, 3.05) is 46.1 Å². The Labute approximate surface area is 209 Å². The van der Waals surface area contributed by atoms with Crippen molar-refractivity contribution in [1.82, 2.24) is 9.80 Å². The second-order valence-corrected chi connectivity index (χ2v) is 8.90. The Morgan fingerprint density at radius 1 is 0.939 bits per heavy atom. The Bertz CT molecular complexity index is 889. The van der Waals surface area contributed by atoms with Crippen LogP contribution >= 0.6 is 0 Å². The lowest BCUT2D eigenvalue weighted by atomic mass is 9.98. The first kappa shape index (κ1) is 27.5. The molecule has 0 spiro atoms. The second kappa shape index (κ2) is 12.7. The van der Waals surface area contributed by atoms with Gasteiger partial charge in [-0.25, -0.2) is 0 Å². The van der Waals surface area contributed by atoms with Gasteiger partial charge in [0.25, 0.3) is 0 Å². The zero-order valence-electron chi connectivity index (χ0n) is 19.6. The third kappa shape index (κ3) is 7.39. The van der Waals surface area contributed by atoms with Crippen LogP contribution < -0.4 is 39.0 Å². The molecule has 0 aliphatic carbocycles. The predicted molar refractivity (Wildman–Crippen MR) is 121 cm³/mol. The summed E-state index contributed by atoms with van der Waals surface area (Å²) in [6, 6.07) is 12.4. The zero-order valence-corrected chi connectivity index (χ0v) is 21.1. The van der Waals surface area contributed by atoms with E-state index >= 15 is 0 Å². The molecule has 0 saturated carbocycles. The molecule has 1 N–H and O–H groups in total. The van der Waals surface area contributed by atoms with E-state index < -0.39 is 6.10 Å². The molecule has 1 unspecified atom stereocenters. The molecule has 8 heteroatoms. The van der Waals surface area contributed by atoms with E-state index in [1.807, 2.05) is 12.1 Å². The van der Waals surface area contributed by atoms with E-state index in [9.17, 15) is 5.11 Å². The van der Waals surface area contributed by atoms with Crippen LogP contribution in [-0.2, 0) is 6.54 Å². The smallest absolute Gasteiger partial charge is 0.231 e. The lowest BCUT2D eigenvalue weighted by molar-refractivity contribution is -0.001000. The standard InChI is InChI=1S/C25H34N2O4.2ClH/c1-18(2)23-6-5-22(12-19(23)3)29-16-21(28)15-27-10-8-26(9-11-27)14-20-4-7-24-25(13-20)31-17-30-24;;/h4-7,12-13,18,21,28H,8-11,14-17H2,1-3H3;2*1H/p-2. The van der Waals surface area contributed by atoms with Crippen LogP contribution in [0.25, 0.3) is 0 Å². The van der Waals surface area contributed by atoms with Crippen LogP contribution in [0.15, 0.2) is 36.4 Å². The first-order valence-corrected chi connectivity index (χ1v) is 11.2. The number of hydrogen-bond donors (Lipinski definition) is 1. The van der Waals surface area contributed by atoms with Crippen molar-refractivity contribution >= 4 is 0 Å². The topological polar surface area (TPSA) is 54.4 Å². The number of benzene rings is 2. The van der Waals surface area contributed by atoms with E-state index in [2.05, 4.69) is 54.8 Å². The Balaban J connectivity index is 0.00000193. The Morgan fingerprint density at radius 3 is 2.33 bits per heavy atom. The number of hydrogen-bond acceptors (Lipinski definition) is 6. The summed E-state index contributed by atoms with van der Waals surface area (Å²) in [4.78, 5) is 4.76. The molecule has 0 amide bonds. The van der Waals surface area contributed by atoms with Crippen LogP contribution in [0, 0.1) is 6.92 Å². The highest BCUT2D eigenvalue weighted by atomic mass is 35.5. The van der Waals surface area contributed by atoms with Crippen LogP contribution in [0.5, 0.6) is 17.2 Å². The van der Waals surface area contributed by atoms with Gasteiger partial charge in [-0.3, -0.25) is 9.80 Å². The molecule has 1 fully saturated rings. The maximum Gasteiger partial charge on any atom is 0.231 e. The predicted octanol–water partition coefficient (Wildman–Crippen LogP) is -2.59. The minimum Gasteiger partial charge on any atom is -1.00 e. The van der Waals surface area contributed by atoms with E-state index in [0.717, 1.165) is 50.0 Å². The fourth-order valence-corrected chi connectivity index (χ4v) is 4.36. The van der Waals surface area contributed by atoms with Crippen molar-refractivity contribution in [1.29, 1.82) is 0 Å². The lowest BCUT2D eigenvalue weighted by Gasteiger charge is -2.35. The SMILES string of the molecule is Cc1cc(OCC(O)CN2CCN(Cc3ccc4c(c3)OCO4)CC2)ccc1C(C)C.[Cl-].[Cl-]. The number of β-amino-alcohol motifs (C(OH)–C–C–N with tert-alkyl or cyclic N) is 1. The first-order chi connectivity index (χ1) is 15.0. The number of nitrogens with zero attached hydrogens (tertiary/aromatic N) is 2. The van der Waals surface area contributed by atoms with Crippen LogP contribution in [0.1, 0.15) is 36.5 Å². The van der Waals surface area contributed by atoms with E-state index in [-0.39, 0.29) is 24.8 Å². The summed E-state index contributed by atoms with van der Waals surface area (Å²) in [6.45, 7) is 12.5. The first-order valence-electron chi connectivity index (χ1n) is 11.2. The highest BCUT2D eigenvalue weighted by Gasteiger charge is 2.21. The molecule has 4 rings (SSSR count). The van der Waals surface area contributed by atoms with Crippen molar-refractivity contribution in [2.45, 2.75) is 39.3 Å². The molecular formula is C25H34Cl2N2O4-2. The molecule has 0 bridgehead atoms. The average molecular weight is 497 g/mol. The Kier molecular flexibility index (Phi) is 10.6. The van der Waals surface area contributed by atoms with E-state index in [1.54, 1.807) is 0 Å². The minimum absolute atomic E-state index is 0. The summed E-state index contributed by atoms with van der Waals surface area (Å²) >= 11 is 0. The van der Waals surface area contributed by atoms with Gasteiger partial charge in [-0.05, 0) is 53.8 Å². The minimum atomic E-state index is -0.495. The molecule has 2 aromatic carbocycles. The van der Waals surface area contributed by atoms with Gasteiger partial charge in [0.15, 0.2) is 11.5 Å². The van der Waals surface area contributed by atoms with Gasteiger partial charge in [-0.2, -0.15) is 0 Å². The highest BCUT2D eigenvalue weighted by molar-refractivity contribution is 5.44. The molecule has 0 radical (unpaired) electrons. The number of rotatable bonds is 8. The van der Waals surface area contributed by atoms with Gasteiger partial charge in [0.1, 0.15) is 18.5 Å². The lowest BCUT2D eigenvalue weighted by Crippen LogP contribution is -3.00. The Morgan fingerprint density at radius 2 is 1.64 bits per heavy atom. The number of aliphatic hydroxyl groups is 1. The van der Waals surface area contributed by atoms with Gasteiger partial charge in [0, 0.05) is 39.3 Å². The van der Waals surface area contributed by atoms with E-state index in [4.69, 9.17) is 14.2 Å². The summed E-state index contributed by atoms with van der Waals surface area (Å²) < 4.78 is 16.7. The van der Waals surface area contributed by atoms with Crippen molar-refractivity contribution in [2.24, 2.45) is 0 Å². The molecule has 0 aromatic heterocycles. The fourth-order valence-electron chi connectivity index (χ4n) is 4.36. The molecule has 2 heterocycles. The van der Waals surface area contributed by atoms with E-state index in [1.165, 1.54) is 16.7 Å². The monoisotopic (exact) mass is 496 g/mol. The molecule has 2 aliphatic rings. The van der Waals surface area contributed by atoms with Gasteiger partial charge < -0.3 is 44.1 Å². The fraction of sp³-hybridized carbons (Fsp3) is 0.520. The molecule has 6 nitrogen and oxygen atoms in total. The normalized spacial score (nSPS) is 16.8. The molecule has 2 aliphatic heterocycles. The van der Waals surface area contributed by atoms with Gasteiger partial charge in [-0.15, -0.1) is 0 Å². The molecule has 1 saturated heterocycles. The number of aryl methyl sites for hydroxylation is 1. The van der Waals surface area contributed by atoms with Crippen molar-refractivity contribution < 1.29 is 44.1 Å². The van der Waals surface area contributed by atoms with Crippen molar-refractivity contribution in [3.8, 4) is 17.2 Å². The molecule has 2 aromatic rings.